The number of aryl methyl sites for hydroxylation is 1. The number of nitrogens with zero attached hydrogens (tertiary/aromatic N) is 2. The van der Waals surface area contributed by atoms with Gasteiger partial charge in [0.1, 0.15) is 11.5 Å². The summed E-state index contributed by atoms with van der Waals surface area (Å²) < 4.78 is 7.16. The van der Waals surface area contributed by atoms with E-state index in [4.69, 9.17) is 4.74 Å². The van der Waals surface area contributed by atoms with Gasteiger partial charge in [0.15, 0.2) is 11.6 Å². The average molecular weight is 289 g/mol. The fraction of sp³-hybridized carbons (Fsp3) is 0.200. The molecule has 0 radical (unpaired) electrons. The maximum Gasteiger partial charge on any atom is 0.289 e. The van der Waals surface area contributed by atoms with Gasteiger partial charge in [0.25, 0.3) is 5.01 Å². The van der Waals surface area contributed by atoms with E-state index < -0.39 is 0 Å². The smallest absolute Gasteiger partial charge is 0.289 e. The van der Waals surface area contributed by atoms with Crippen LogP contribution in [0.15, 0.2) is 30.9 Å². The Balaban J connectivity index is 2.33. The zero-order chi connectivity index (χ0) is 14.5. The van der Waals surface area contributed by atoms with Gasteiger partial charge < -0.3 is 9.84 Å². The summed E-state index contributed by atoms with van der Waals surface area (Å²) in [5.74, 6) is 0.931. The van der Waals surface area contributed by atoms with Crippen LogP contribution in [-0.2, 0) is 6.54 Å². The van der Waals surface area contributed by atoms with Gasteiger partial charge in [-0.1, -0.05) is 11.3 Å². The van der Waals surface area contributed by atoms with E-state index in [2.05, 4.69) is 11.7 Å². The van der Waals surface area contributed by atoms with Crippen LogP contribution < -0.4 is 9.42 Å². The van der Waals surface area contributed by atoms with E-state index in [-0.39, 0.29) is 5.75 Å². The number of allylic oxidation sites excluding steroid dienone is 1. The maximum absolute atomic E-state index is 9.56. The highest BCUT2D eigenvalue weighted by atomic mass is 32.1. The van der Waals surface area contributed by atoms with Crippen LogP contribution in [0.2, 0.25) is 0 Å². The van der Waals surface area contributed by atoms with Crippen molar-refractivity contribution in [1.29, 1.82) is 0 Å². The van der Waals surface area contributed by atoms with Crippen molar-refractivity contribution in [3.63, 3.8) is 0 Å². The van der Waals surface area contributed by atoms with Crippen LogP contribution in [0.3, 0.4) is 0 Å². The van der Waals surface area contributed by atoms with E-state index in [1.54, 1.807) is 36.6 Å². The Hall–Kier alpha value is -2.14. The first-order valence-corrected chi connectivity index (χ1v) is 6.99. The van der Waals surface area contributed by atoms with Gasteiger partial charge in [-0.25, -0.2) is 0 Å². The molecular formula is C15H17N2O2S+. The predicted octanol–water partition coefficient (Wildman–Crippen LogP) is 2.81. The lowest BCUT2D eigenvalue weighted by molar-refractivity contribution is -0.741. The standard InChI is InChI=1S/C15H16N2O2S/c1-4-9-17-15(20-11(2)16-17)8-5-12-10-13(18)6-7-14(12)19-3/h4-8,10H,1,9H2,2-3H3/p+1/b8-5+. The third kappa shape index (κ3) is 3.24. The van der Waals surface area contributed by atoms with Crippen LogP contribution in [0.5, 0.6) is 11.5 Å². The second kappa shape index (κ2) is 6.34. The molecule has 0 amide bonds. The van der Waals surface area contributed by atoms with Crippen molar-refractivity contribution >= 4 is 23.5 Å². The Labute approximate surface area is 122 Å². The zero-order valence-corrected chi connectivity index (χ0v) is 12.4. The normalized spacial score (nSPS) is 10.9. The molecular weight excluding hydrogens is 272 g/mol. The number of phenolic OH excluding ortho intramolecular Hbond substituents is 1. The fourth-order valence-electron chi connectivity index (χ4n) is 1.83. The number of methoxy groups -OCH3 is 1. The van der Waals surface area contributed by atoms with Crippen LogP contribution >= 0.6 is 11.3 Å². The predicted molar refractivity (Wildman–Crippen MR) is 80.8 cm³/mol. The van der Waals surface area contributed by atoms with Gasteiger partial charge in [0.05, 0.1) is 7.11 Å². The highest BCUT2D eigenvalue weighted by molar-refractivity contribution is 7.11. The van der Waals surface area contributed by atoms with Crippen molar-refractivity contribution in [3.05, 3.63) is 46.4 Å². The molecule has 2 aromatic rings. The molecule has 0 saturated carbocycles. The number of aromatic hydroxyl groups is 1. The number of aromatic nitrogens is 2. The van der Waals surface area contributed by atoms with Crippen molar-refractivity contribution in [3.8, 4) is 11.5 Å². The van der Waals surface area contributed by atoms with Crippen molar-refractivity contribution < 1.29 is 14.5 Å². The molecule has 20 heavy (non-hydrogen) atoms. The first-order valence-electron chi connectivity index (χ1n) is 6.17. The summed E-state index contributed by atoms with van der Waals surface area (Å²) >= 11 is 1.61. The number of rotatable bonds is 5. The van der Waals surface area contributed by atoms with Crippen LogP contribution in [0, 0.1) is 6.92 Å². The molecule has 0 fully saturated rings. The highest BCUT2D eigenvalue weighted by Crippen LogP contribution is 2.25. The molecule has 5 heteroatoms. The van der Waals surface area contributed by atoms with Gasteiger partial charge in [-0.2, -0.15) is 0 Å². The molecule has 2 rings (SSSR count). The van der Waals surface area contributed by atoms with Crippen LogP contribution in [0.4, 0.5) is 0 Å². The van der Waals surface area contributed by atoms with Crippen molar-refractivity contribution in [2.75, 3.05) is 7.11 Å². The minimum Gasteiger partial charge on any atom is -0.508 e. The summed E-state index contributed by atoms with van der Waals surface area (Å²) in [6, 6.07) is 5.01. The van der Waals surface area contributed by atoms with E-state index >= 15 is 0 Å². The van der Waals surface area contributed by atoms with E-state index in [9.17, 15) is 5.11 Å². The van der Waals surface area contributed by atoms with Gasteiger partial charge in [0.2, 0.25) is 0 Å². The Kier molecular flexibility index (Phi) is 4.53. The fourth-order valence-corrected chi connectivity index (χ4v) is 2.63. The lowest BCUT2D eigenvalue weighted by Crippen LogP contribution is -2.37. The van der Waals surface area contributed by atoms with E-state index in [1.807, 2.05) is 29.8 Å². The van der Waals surface area contributed by atoms with Crippen molar-refractivity contribution in [2.45, 2.75) is 13.5 Å². The molecule has 0 atom stereocenters. The van der Waals surface area contributed by atoms with Crippen molar-refractivity contribution in [2.24, 2.45) is 0 Å². The molecule has 0 saturated heterocycles. The molecule has 1 heterocycles. The number of ether oxygens (including phenoxy) is 1. The van der Waals surface area contributed by atoms with E-state index in [0.29, 0.717) is 6.54 Å². The quantitative estimate of drug-likeness (QED) is 0.680. The third-order valence-corrected chi connectivity index (χ3v) is 3.62. The summed E-state index contributed by atoms with van der Waals surface area (Å²) in [6.45, 7) is 6.37. The lowest BCUT2D eigenvalue weighted by Gasteiger charge is -2.04. The molecule has 1 aromatic heterocycles. The Morgan fingerprint density at radius 1 is 1.45 bits per heavy atom. The van der Waals surface area contributed by atoms with Gasteiger partial charge in [-0.15, -0.1) is 0 Å². The first-order chi connectivity index (χ1) is 9.63. The van der Waals surface area contributed by atoms with Gasteiger partial charge in [-0.3, -0.25) is 0 Å². The van der Waals surface area contributed by atoms with Crippen LogP contribution in [-0.4, -0.2) is 17.3 Å². The minimum atomic E-state index is 0.213. The Bertz CT molecular complexity index is 647. The molecule has 0 bridgehead atoms. The maximum atomic E-state index is 9.56. The van der Waals surface area contributed by atoms with Crippen LogP contribution in [0.1, 0.15) is 15.6 Å². The monoisotopic (exact) mass is 289 g/mol. The summed E-state index contributed by atoms with van der Waals surface area (Å²) in [4.78, 5) is 0. The largest absolute Gasteiger partial charge is 0.508 e. The molecule has 1 N–H and O–H groups in total. The lowest BCUT2D eigenvalue weighted by atomic mass is 10.2. The molecule has 0 aliphatic carbocycles. The van der Waals surface area contributed by atoms with Gasteiger partial charge >= 0.3 is 0 Å². The number of phenols is 1. The topological polar surface area (TPSA) is 46.2 Å². The Morgan fingerprint density at radius 3 is 2.95 bits per heavy atom. The third-order valence-electron chi connectivity index (χ3n) is 2.69. The number of benzene rings is 1. The van der Waals surface area contributed by atoms with Gasteiger partial charge in [0, 0.05) is 16.7 Å². The number of hydrogen-bond donors (Lipinski definition) is 1. The highest BCUT2D eigenvalue weighted by Gasteiger charge is 2.13. The summed E-state index contributed by atoms with van der Waals surface area (Å²) in [5, 5.41) is 16.0. The SMILES string of the molecule is C=CC[n+]1nc(C)sc1/C=C/c1cc(O)ccc1OC. The first kappa shape index (κ1) is 14.3. The molecule has 4 nitrogen and oxygen atoms in total. The second-order valence-corrected chi connectivity index (χ2v) is 5.40. The number of hydrogen-bond acceptors (Lipinski definition) is 4. The molecule has 0 aliphatic heterocycles. The molecule has 0 aliphatic rings. The van der Waals surface area contributed by atoms with E-state index in [1.165, 1.54) is 0 Å². The summed E-state index contributed by atoms with van der Waals surface area (Å²) in [7, 11) is 1.61. The van der Waals surface area contributed by atoms with Crippen LogP contribution in [0.25, 0.3) is 12.2 Å². The van der Waals surface area contributed by atoms with Gasteiger partial charge in [-0.05, 0) is 48.6 Å². The average Bonchev–Trinajstić information content (AvgIpc) is 2.77. The molecule has 0 spiro atoms. The van der Waals surface area contributed by atoms with Crippen molar-refractivity contribution in [1.82, 2.24) is 5.10 Å². The summed E-state index contributed by atoms with van der Waals surface area (Å²) in [5.41, 5.74) is 0.823. The molecule has 0 unspecified atom stereocenters. The molecule has 1 aromatic carbocycles. The second-order valence-electron chi connectivity index (χ2n) is 4.19. The minimum absolute atomic E-state index is 0.213. The van der Waals surface area contributed by atoms with E-state index in [0.717, 1.165) is 21.3 Å². The zero-order valence-electron chi connectivity index (χ0n) is 11.5. The Morgan fingerprint density at radius 2 is 2.25 bits per heavy atom. The summed E-state index contributed by atoms with van der Waals surface area (Å²) in [6.07, 6.45) is 5.68. The molecule has 104 valence electrons.